The second kappa shape index (κ2) is 2.63. The molecule has 1 heterocycles. The van der Waals surface area contributed by atoms with Crippen LogP contribution in [0.15, 0.2) is 0 Å². The van der Waals surface area contributed by atoms with Crippen molar-refractivity contribution >= 4 is 24.1 Å². The third kappa shape index (κ3) is 1.83. The maximum Gasteiger partial charge on any atom is 0.157 e. The zero-order chi connectivity index (χ0) is 8.65. The Hall–Kier alpha value is -0.305. The molecule has 0 N–H and O–H groups in total. The van der Waals surface area contributed by atoms with Gasteiger partial charge in [-0.2, -0.15) is 0 Å². The highest BCUT2D eigenvalue weighted by Crippen LogP contribution is 2.24. The molecule has 0 saturated heterocycles. The largest absolute Gasteiger partial charge is 0.257 e. The number of nitrogens with zero attached hydrogens (tertiary/aromatic N) is 1. The van der Waals surface area contributed by atoms with Crippen LogP contribution in [0.3, 0.4) is 0 Å². The standard InChI is InChI=1S/C8H12BNS/c1-5-6(8(2,3)4)10-7(9)11-5/h1-4H3. The molecule has 0 fully saturated rings. The summed E-state index contributed by atoms with van der Waals surface area (Å²) >= 11 is 1.56. The van der Waals surface area contributed by atoms with E-state index in [1.165, 1.54) is 4.88 Å². The lowest BCUT2D eigenvalue weighted by Gasteiger charge is -2.16. The van der Waals surface area contributed by atoms with Crippen LogP contribution in [0.4, 0.5) is 0 Å². The van der Waals surface area contributed by atoms with E-state index in [1.807, 2.05) is 0 Å². The van der Waals surface area contributed by atoms with Crippen LogP contribution in [0.25, 0.3) is 0 Å². The fourth-order valence-electron chi connectivity index (χ4n) is 1.11. The predicted octanol–water partition coefficient (Wildman–Crippen LogP) is 1.54. The van der Waals surface area contributed by atoms with Crippen LogP contribution in [0.5, 0.6) is 0 Å². The zero-order valence-corrected chi connectivity index (χ0v) is 8.25. The van der Waals surface area contributed by atoms with Gasteiger partial charge in [0.25, 0.3) is 0 Å². The fourth-order valence-corrected chi connectivity index (χ4v) is 2.01. The van der Waals surface area contributed by atoms with Crippen LogP contribution in [-0.4, -0.2) is 12.8 Å². The van der Waals surface area contributed by atoms with E-state index in [1.54, 1.807) is 11.3 Å². The molecule has 11 heavy (non-hydrogen) atoms. The third-order valence-corrected chi connectivity index (χ3v) is 2.32. The summed E-state index contributed by atoms with van der Waals surface area (Å²) < 4.78 is 0. The minimum Gasteiger partial charge on any atom is -0.257 e. The molecular weight excluding hydrogens is 153 g/mol. The molecule has 0 bridgehead atoms. The normalized spacial score (nSPS) is 12.0. The van der Waals surface area contributed by atoms with E-state index in [2.05, 4.69) is 32.7 Å². The maximum atomic E-state index is 5.58. The van der Waals surface area contributed by atoms with Crippen LogP contribution in [-0.2, 0) is 5.41 Å². The third-order valence-electron chi connectivity index (χ3n) is 1.52. The molecule has 0 saturated carbocycles. The highest BCUT2D eigenvalue weighted by molar-refractivity contribution is 7.19. The van der Waals surface area contributed by atoms with E-state index in [0.717, 1.165) is 5.69 Å². The Kier molecular flexibility index (Phi) is 2.10. The maximum absolute atomic E-state index is 5.58. The first-order chi connectivity index (χ1) is 4.91. The number of thiazole rings is 1. The summed E-state index contributed by atoms with van der Waals surface area (Å²) in [4.78, 5) is 6.18. The molecule has 0 atom stereocenters. The zero-order valence-electron chi connectivity index (χ0n) is 7.43. The Bertz CT molecular complexity index is 260. The van der Waals surface area contributed by atoms with E-state index < -0.39 is 0 Å². The average molecular weight is 165 g/mol. The van der Waals surface area contributed by atoms with Crippen LogP contribution < -0.4 is 4.91 Å². The van der Waals surface area contributed by atoms with Crippen molar-refractivity contribution in [2.75, 3.05) is 0 Å². The molecule has 0 aromatic carbocycles. The van der Waals surface area contributed by atoms with Gasteiger partial charge in [0.2, 0.25) is 0 Å². The van der Waals surface area contributed by atoms with Crippen molar-refractivity contribution < 1.29 is 0 Å². The van der Waals surface area contributed by atoms with Crippen LogP contribution >= 0.6 is 11.3 Å². The van der Waals surface area contributed by atoms with Gasteiger partial charge in [-0.1, -0.05) is 20.8 Å². The van der Waals surface area contributed by atoms with Gasteiger partial charge < -0.3 is 0 Å². The van der Waals surface area contributed by atoms with Gasteiger partial charge in [0.15, 0.2) is 7.85 Å². The highest BCUT2D eigenvalue weighted by atomic mass is 32.1. The van der Waals surface area contributed by atoms with Gasteiger partial charge in [-0.3, -0.25) is 4.98 Å². The molecule has 0 spiro atoms. The Morgan fingerprint density at radius 1 is 1.36 bits per heavy atom. The summed E-state index contributed by atoms with van der Waals surface area (Å²) in [5, 5.41) is 0. The van der Waals surface area contributed by atoms with E-state index in [0.29, 0.717) is 4.91 Å². The molecule has 2 radical (unpaired) electrons. The van der Waals surface area contributed by atoms with Gasteiger partial charge in [-0.25, -0.2) is 0 Å². The quantitative estimate of drug-likeness (QED) is 0.531. The van der Waals surface area contributed by atoms with E-state index >= 15 is 0 Å². The topological polar surface area (TPSA) is 12.9 Å². The Morgan fingerprint density at radius 2 is 1.91 bits per heavy atom. The second-order valence-electron chi connectivity index (χ2n) is 3.71. The number of aryl methyl sites for hydroxylation is 1. The number of aromatic nitrogens is 1. The van der Waals surface area contributed by atoms with Crippen molar-refractivity contribution in [3.8, 4) is 0 Å². The smallest absolute Gasteiger partial charge is 0.157 e. The van der Waals surface area contributed by atoms with Crippen LogP contribution in [0, 0.1) is 6.92 Å². The van der Waals surface area contributed by atoms with E-state index in [-0.39, 0.29) is 5.41 Å². The van der Waals surface area contributed by atoms with Gasteiger partial charge in [-0.15, -0.1) is 11.3 Å². The molecule has 1 nitrogen and oxygen atoms in total. The second-order valence-corrected chi connectivity index (χ2v) is 4.94. The Labute approximate surface area is 73.3 Å². The van der Waals surface area contributed by atoms with Crippen molar-refractivity contribution in [3.05, 3.63) is 10.6 Å². The molecule has 0 unspecified atom stereocenters. The molecule has 3 heteroatoms. The lowest BCUT2D eigenvalue weighted by molar-refractivity contribution is 0.570. The fraction of sp³-hybridized carbons (Fsp3) is 0.625. The van der Waals surface area contributed by atoms with Crippen molar-refractivity contribution in [1.29, 1.82) is 0 Å². The molecule has 0 aliphatic carbocycles. The molecule has 0 amide bonds. The van der Waals surface area contributed by atoms with Gasteiger partial charge in [0, 0.05) is 15.2 Å². The molecule has 0 aliphatic heterocycles. The number of hydrogen-bond donors (Lipinski definition) is 0. The monoisotopic (exact) mass is 165 g/mol. The Morgan fingerprint density at radius 3 is 2.09 bits per heavy atom. The van der Waals surface area contributed by atoms with Gasteiger partial charge >= 0.3 is 0 Å². The van der Waals surface area contributed by atoms with Crippen molar-refractivity contribution in [2.45, 2.75) is 33.1 Å². The summed E-state index contributed by atoms with van der Waals surface area (Å²) in [6, 6.07) is 0. The van der Waals surface area contributed by atoms with Crippen molar-refractivity contribution in [2.24, 2.45) is 0 Å². The molecule has 0 aliphatic rings. The van der Waals surface area contributed by atoms with Crippen molar-refractivity contribution in [1.82, 2.24) is 4.98 Å². The number of hydrogen-bond acceptors (Lipinski definition) is 2. The summed E-state index contributed by atoms with van der Waals surface area (Å²) in [7, 11) is 5.58. The summed E-state index contributed by atoms with van der Waals surface area (Å²) in [6.45, 7) is 8.51. The minimum absolute atomic E-state index is 0.123. The lowest BCUT2D eigenvalue weighted by atomic mass is 9.91. The minimum atomic E-state index is 0.123. The van der Waals surface area contributed by atoms with E-state index in [9.17, 15) is 0 Å². The molecule has 1 aromatic heterocycles. The average Bonchev–Trinajstić information content (AvgIpc) is 2.08. The predicted molar refractivity (Wildman–Crippen MR) is 50.9 cm³/mol. The SMILES string of the molecule is [B]c1nc(C(C)(C)C)c(C)s1. The Balaban J connectivity index is 3.13. The first kappa shape index (κ1) is 8.79. The highest BCUT2D eigenvalue weighted by Gasteiger charge is 2.19. The summed E-state index contributed by atoms with van der Waals surface area (Å²) in [6.07, 6.45) is 0. The van der Waals surface area contributed by atoms with E-state index in [4.69, 9.17) is 7.85 Å². The summed E-state index contributed by atoms with van der Waals surface area (Å²) in [5.74, 6) is 0. The summed E-state index contributed by atoms with van der Waals surface area (Å²) in [5.41, 5.74) is 1.25. The van der Waals surface area contributed by atoms with Crippen molar-refractivity contribution in [3.63, 3.8) is 0 Å². The first-order valence-corrected chi connectivity index (χ1v) is 4.46. The first-order valence-electron chi connectivity index (χ1n) is 3.64. The van der Waals surface area contributed by atoms with Crippen LogP contribution in [0.1, 0.15) is 31.3 Å². The van der Waals surface area contributed by atoms with Crippen LogP contribution in [0.2, 0.25) is 0 Å². The lowest BCUT2D eigenvalue weighted by Crippen LogP contribution is -2.15. The molecule has 58 valence electrons. The molecule has 1 aromatic rings. The number of rotatable bonds is 0. The van der Waals surface area contributed by atoms with Gasteiger partial charge in [-0.05, 0) is 6.92 Å². The van der Waals surface area contributed by atoms with Gasteiger partial charge in [0.1, 0.15) is 0 Å². The molecular formula is C8H12BNS. The molecule has 1 rings (SSSR count). The van der Waals surface area contributed by atoms with Gasteiger partial charge in [0.05, 0.1) is 5.69 Å².